The molecule has 0 saturated heterocycles. The molecule has 0 bridgehead atoms. The van der Waals surface area contributed by atoms with Crippen molar-refractivity contribution in [1.29, 1.82) is 0 Å². The third-order valence-corrected chi connectivity index (χ3v) is 6.86. The molecule has 3 aromatic rings. The number of carbonyl (C=O) groups excluding carboxylic acids is 1. The smallest absolute Gasteiger partial charge is 0.344 e. The zero-order valence-electron chi connectivity index (χ0n) is 19.0. The first-order chi connectivity index (χ1) is 15.7. The van der Waals surface area contributed by atoms with Gasteiger partial charge in [0.2, 0.25) is 5.75 Å². The average Bonchev–Trinajstić information content (AvgIpc) is 2.83. The SMILES string of the molecule is COc1ccccc1N(C)S(=O)(=O)c1ccc(C)c(C(=O)Oc2c(OC)cccc2OC)c1. The summed E-state index contributed by atoms with van der Waals surface area (Å²) in [4.78, 5) is 13.0. The lowest BCUT2D eigenvalue weighted by atomic mass is 10.1. The minimum atomic E-state index is -4.00. The summed E-state index contributed by atoms with van der Waals surface area (Å²) in [5.74, 6) is 0.372. The molecule has 0 amide bonds. The molecule has 0 aliphatic heterocycles. The fourth-order valence-corrected chi connectivity index (χ4v) is 4.46. The van der Waals surface area contributed by atoms with Crippen LogP contribution >= 0.6 is 0 Å². The number of carbonyl (C=O) groups is 1. The van der Waals surface area contributed by atoms with E-state index in [2.05, 4.69) is 0 Å². The fraction of sp³-hybridized carbons (Fsp3) is 0.208. The van der Waals surface area contributed by atoms with Gasteiger partial charge in [-0.25, -0.2) is 13.2 Å². The fourth-order valence-electron chi connectivity index (χ4n) is 3.22. The third kappa shape index (κ3) is 4.73. The molecule has 0 saturated carbocycles. The maximum absolute atomic E-state index is 13.3. The minimum Gasteiger partial charge on any atom is -0.495 e. The van der Waals surface area contributed by atoms with Crippen LogP contribution in [0.1, 0.15) is 15.9 Å². The molecule has 9 heteroatoms. The van der Waals surface area contributed by atoms with Crippen LogP contribution in [-0.4, -0.2) is 42.8 Å². The van der Waals surface area contributed by atoms with Crippen LogP contribution in [0.25, 0.3) is 0 Å². The maximum Gasteiger partial charge on any atom is 0.344 e. The van der Waals surface area contributed by atoms with E-state index in [0.29, 0.717) is 28.5 Å². The molecule has 0 unspecified atom stereocenters. The van der Waals surface area contributed by atoms with Gasteiger partial charge in [-0.3, -0.25) is 4.31 Å². The first-order valence-corrected chi connectivity index (χ1v) is 11.3. The van der Waals surface area contributed by atoms with Crippen LogP contribution in [0.3, 0.4) is 0 Å². The number of ether oxygens (including phenoxy) is 4. The van der Waals surface area contributed by atoms with Gasteiger partial charge in [-0.1, -0.05) is 24.3 Å². The molecule has 0 N–H and O–H groups in total. The summed E-state index contributed by atoms with van der Waals surface area (Å²) < 4.78 is 49.1. The molecule has 0 heterocycles. The number of hydrogen-bond acceptors (Lipinski definition) is 7. The van der Waals surface area contributed by atoms with E-state index < -0.39 is 16.0 Å². The number of anilines is 1. The topological polar surface area (TPSA) is 91.4 Å². The van der Waals surface area contributed by atoms with Crippen molar-refractivity contribution in [2.45, 2.75) is 11.8 Å². The first kappa shape index (κ1) is 23.9. The lowest BCUT2D eigenvalue weighted by Crippen LogP contribution is -2.27. The maximum atomic E-state index is 13.3. The van der Waals surface area contributed by atoms with Gasteiger partial charge in [0.1, 0.15) is 5.75 Å². The van der Waals surface area contributed by atoms with E-state index >= 15 is 0 Å². The van der Waals surface area contributed by atoms with Crippen LogP contribution in [0, 0.1) is 6.92 Å². The number of nitrogens with zero attached hydrogens (tertiary/aromatic N) is 1. The summed E-state index contributed by atoms with van der Waals surface area (Å²) in [6.07, 6.45) is 0. The monoisotopic (exact) mass is 471 g/mol. The number of sulfonamides is 1. The Kier molecular flexibility index (Phi) is 7.13. The Hall–Kier alpha value is -3.72. The standard InChI is InChI=1S/C24H25NO7S/c1-16-13-14-17(33(27,28)25(2)19-9-6-7-10-20(19)29-3)15-18(16)24(26)32-23-21(30-4)11-8-12-22(23)31-5/h6-15H,1-5H3. The summed E-state index contributed by atoms with van der Waals surface area (Å²) in [6.45, 7) is 1.69. The number of rotatable bonds is 8. The molecule has 0 radical (unpaired) electrons. The van der Waals surface area contributed by atoms with Gasteiger partial charge in [0.05, 0.1) is 37.5 Å². The number of methoxy groups -OCH3 is 3. The van der Waals surface area contributed by atoms with Crippen LogP contribution in [0.15, 0.2) is 65.6 Å². The zero-order valence-corrected chi connectivity index (χ0v) is 19.8. The third-order valence-electron chi connectivity index (χ3n) is 5.09. The van der Waals surface area contributed by atoms with E-state index in [-0.39, 0.29) is 16.2 Å². The Morgan fingerprint density at radius 1 is 0.818 bits per heavy atom. The van der Waals surface area contributed by atoms with Crippen molar-refractivity contribution in [3.05, 3.63) is 71.8 Å². The summed E-state index contributed by atoms with van der Waals surface area (Å²) in [5, 5.41) is 0. The highest BCUT2D eigenvalue weighted by molar-refractivity contribution is 7.92. The van der Waals surface area contributed by atoms with E-state index in [9.17, 15) is 13.2 Å². The Labute approximate surface area is 193 Å². The van der Waals surface area contributed by atoms with Crippen molar-refractivity contribution < 1.29 is 32.2 Å². The molecule has 0 aromatic heterocycles. The van der Waals surface area contributed by atoms with Gasteiger partial charge in [0, 0.05) is 7.05 Å². The molecule has 0 fully saturated rings. The lowest BCUT2D eigenvalue weighted by molar-refractivity contribution is 0.0723. The second-order valence-electron chi connectivity index (χ2n) is 7.00. The summed E-state index contributed by atoms with van der Waals surface area (Å²) in [6, 6.07) is 16.0. The molecule has 8 nitrogen and oxygen atoms in total. The predicted molar refractivity (Wildman–Crippen MR) is 124 cm³/mol. The Morgan fingerprint density at radius 2 is 1.39 bits per heavy atom. The summed E-state index contributed by atoms with van der Waals surface area (Å²) in [5.41, 5.74) is 1.01. The van der Waals surface area contributed by atoms with Crippen LogP contribution in [0.5, 0.6) is 23.0 Å². The zero-order chi connectivity index (χ0) is 24.2. The molecular weight excluding hydrogens is 446 g/mol. The van der Waals surface area contributed by atoms with Gasteiger partial charge >= 0.3 is 5.97 Å². The van der Waals surface area contributed by atoms with Crippen molar-refractivity contribution >= 4 is 21.7 Å². The second kappa shape index (κ2) is 9.83. The lowest BCUT2D eigenvalue weighted by Gasteiger charge is -2.22. The predicted octanol–water partition coefficient (Wildman–Crippen LogP) is 4.07. The van der Waals surface area contributed by atoms with E-state index in [4.69, 9.17) is 18.9 Å². The largest absolute Gasteiger partial charge is 0.495 e. The normalized spacial score (nSPS) is 10.9. The highest BCUT2D eigenvalue weighted by Crippen LogP contribution is 2.38. The van der Waals surface area contributed by atoms with Crippen molar-refractivity contribution in [2.75, 3.05) is 32.7 Å². The van der Waals surface area contributed by atoms with Crippen molar-refractivity contribution in [1.82, 2.24) is 0 Å². The van der Waals surface area contributed by atoms with E-state index in [1.807, 2.05) is 0 Å². The molecule has 0 aliphatic rings. The minimum absolute atomic E-state index is 0.0690. The second-order valence-corrected chi connectivity index (χ2v) is 8.97. The Morgan fingerprint density at radius 3 is 2.00 bits per heavy atom. The van der Waals surface area contributed by atoms with E-state index in [0.717, 1.165) is 4.31 Å². The quantitative estimate of drug-likeness (QED) is 0.361. The number of aryl methyl sites for hydroxylation is 1. The molecule has 0 aliphatic carbocycles. The Balaban J connectivity index is 2.00. The van der Waals surface area contributed by atoms with Gasteiger partial charge in [-0.2, -0.15) is 0 Å². The van der Waals surface area contributed by atoms with E-state index in [1.165, 1.54) is 40.5 Å². The molecule has 33 heavy (non-hydrogen) atoms. The molecule has 174 valence electrons. The number of esters is 1. The van der Waals surface area contributed by atoms with Crippen LogP contribution < -0.4 is 23.3 Å². The van der Waals surface area contributed by atoms with Gasteiger partial charge < -0.3 is 18.9 Å². The Bertz CT molecular complexity index is 1250. The molecular formula is C24H25NO7S. The summed E-state index contributed by atoms with van der Waals surface area (Å²) >= 11 is 0. The van der Waals surface area contributed by atoms with Crippen molar-refractivity contribution in [3.63, 3.8) is 0 Å². The molecule has 0 atom stereocenters. The number of hydrogen-bond donors (Lipinski definition) is 0. The molecule has 3 aromatic carbocycles. The van der Waals surface area contributed by atoms with Crippen molar-refractivity contribution in [3.8, 4) is 23.0 Å². The molecule has 3 rings (SSSR count). The van der Waals surface area contributed by atoms with Crippen LogP contribution in [0.4, 0.5) is 5.69 Å². The highest BCUT2D eigenvalue weighted by Gasteiger charge is 2.26. The number of para-hydroxylation sites is 3. The van der Waals surface area contributed by atoms with Gasteiger partial charge in [0.15, 0.2) is 11.5 Å². The van der Waals surface area contributed by atoms with E-state index in [1.54, 1.807) is 55.5 Å². The highest BCUT2D eigenvalue weighted by atomic mass is 32.2. The first-order valence-electron chi connectivity index (χ1n) is 9.90. The van der Waals surface area contributed by atoms with Crippen LogP contribution in [0.2, 0.25) is 0 Å². The van der Waals surface area contributed by atoms with Gasteiger partial charge in [-0.05, 0) is 48.9 Å². The summed E-state index contributed by atoms with van der Waals surface area (Å²) in [7, 11) is 1.77. The number of benzene rings is 3. The van der Waals surface area contributed by atoms with Gasteiger partial charge in [0.25, 0.3) is 10.0 Å². The molecule has 0 spiro atoms. The van der Waals surface area contributed by atoms with Crippen LogP contribution in [-0.2, 0) is 10.0 Å². The average molecular weight is 472 g/mol. The van der Waals surface area contributed by atoms with Crippen molar-refractivity contribution in [2.24, 2.45) is 0 Å². The van der Waals surface area contributed by atoms with Gasteiger partial charge in [-0.15, -0.1) is 0 Å².